The molecule has 0 aromatic carbocycles. The highest BCUT2D eigenvalue weighted by molar-refractivity contribution is 14.1. The van der Waals surface area contributed by atoms with Crippen molar-refractivity contribution in [3.8, 4) is 0 Å². The fourth-order valence-electron chi connectivity index (χ4n) is 2.34. The van der Waals surface area contributed by atoms with Crippen molar-refractivity contribution in [3.63, 3.8) is 0 Å². The van der Waals surface area contributed by atoms with E-state index in [4.69, 9.17) is 23.2 Å². The van der Waals surface area contributed by atoms with Crippen LogP contribution in [0.2, 0.25) is 0 Å². The van der Waals surface area contributed by atoms with Crippen LogP contribution in [0.3, 0.4) is 0 Å². The first-order valence-corrected chi connectivity index (χ1v) is 9.79. The highest BCUT2D eigenvalue weighted by Crippen LogP contribution is 2.41. The van der Waals surface area contributed by atoms with E-state index in [1.165, 1.54) is 16.2 Å². The minimum atomic E-state index is -3.77. The predicted molar refractivity (Wildman–Crippen MR) is 98.1 cm³/mol. The molecular formula is C14H11Cl2IN2O2S. The molecule has 0 saturated carbocycles. The number of rotatable bonds is 2. The van der Waals surface area contributed by atoms with Crippen LogP contribution in [0.1, 0.15) is 6.92 Å². The number of halogens is 3. The van der Waals surface area contributed by atoms with Crippen molar-refractivity contribution in [2.45, 2.75) is 15.6 Å². The zero-order valence-corrected chi connectivity index (χ0v) is 15.9. The third kappa shape index (κ3) is 2.31. The Morgan fingerprint density at radius 2 is 2.05 bits per heavy atom. The van der Waals surface area contributed by atoms with Gasteiger partial charge in [-0.05, 0) is 37.3 Å². The van der Waals surface area contributed by atoms with Gasteiger partial charge in [-0.15, -0.1) is 0 Å². The number of hydrogen-bond acceptors (Lipinski definition) is 3. The second-order valence-corrected chi connectivity index (χ2v) is 9.50. The molecule has 0 amide bonds. The van der Waals surface area contributed by atoms with Crippen LogP contribution in [-0.4, -0.2) is 26.0 Å². The molecule has 22 heavy (non-hydrogen) atoms. The molecule has 1 aliphatic rings. The van der Waals surface area contributed by atoms with Crippen LogP contribution in [0, 0.1) is 0 Å². The lowest BCUT2D eigenvalue weighted by Gasteiger charge is -2.32. The maximum absolute atomic E-state index is 13.2. The van der Waals surface area contributed by atoms with Crippen molar-refractivity contribution in [2.75, 3.05) is 0 Å². The minimum Gasteiger partial charge on any atom is -0.237 e. The lowest BCUT2D eigenvalue weighted by atomic mass is 10.0. The first kappa shape index (κ1) is 16.3. The molecule has 0 bridgehead atoms. The average molecular weight is 469 g/mol. The summed E-state index contributed by atoms with van der Waals surface area (Å²) in [6.45, 7) is 1.64. The summed E-state index contributed by atoms with van der Waals surface area (Å²) in [5, 5.41) is 1.37. The van der Waals surface area contributed by atoms with Gasteiger partial charge in [0.15, 0.2) is 5.65 Å². The first-order valence-electron chi connectivity index (χ1n) is 6.35. The third-order valence-corrected chi connectivity index (χ3v) is 8.82. The van der Waals surface area contributed by atoms with Gasteiger partial charge in [0.2, 0.25) is 0 Å². The van der Waals surface area contributed by atoms with Gasteiger partial charge in [-0.3, -0.25) is 0 Å². The lowest BCUT2D eigenvalue weighted by Crippen LogP contribution is -2.45. The average Bonchev–Trinajstić information content (AvgIpc) is 2.89. The zero-order chi connectivity index (χ0) is 16.1. The van der Waals surface area contributed by atoms with Crippen molar-refractivity contribution in [3.05, 3.63) is 52.8 Å². The van der Waals surface area contributed by atoms with E-state index in [0.29, 0.717) is 10.7 Å². The lowest BCUT2D eigenvalue weighted by molar-refractivity contribution is 0.559. The predicted octanol–water partition coefficient (Wildman–Crippen LogP) is 4.04. The van der Waals surface area contributed by atoms with Crippen LogP contribution in [0.4, 0.5) is 0 Å². The van der Waals surface area contributed by atoms with E-state index in [1.807, 2.05) is 6.07 Å². The van der Waals surface area contributed by atoms with Crippen molar-refractivity contribution < 1.29 is 8.42 Å². The van der Waals surface area contributed by atoms with E-state index in [1.54, 1.807) is 31.3 Å². The maximum atomic E-state index is 13.2. The van der Waals surface area contributed by atoms with Gasteiger partial charge in [0, 0.05) is 17.8 Å². The summed E-state index contributed by atoms with van der Waals surface area (Å²) in [5.74, 6) is 0. The Bertz CT molecular complexity index is 920. The molecule has 0 spiro atoms. The summed E-state index contributed by atoms with van der Waals surface area (Å²) in [7, 11) is -3.77. The maximum Gasteiger partial charge on any atom is 0.250 e. The molecule has 3 rings (SSSR count). The Morgan fingerprint density at radius 1 is 1.32 bits per heavy atom. The van der Waals surface area contributed by atoms with Crippen molar-refractivity contribution in [1.82, 2.24) is 8.96 Å². The molecule has 0 aliphatic heterocycles. The molecule has 1 aliphatic carbocycles. The molecule has 0 N–H and O–H groups in total. The molecular weight excluding hydrogens is 458 g/mol. The molecule has 2 aromatic rings. The van der Waals surface area contributed by atoms with Gasteiger partial charge in [-0.2, -0.15) is 0 Å². The van der Waals surface area contributed by atoms with Crippen LogP contribution >= 0.6 is 45.8 Å². The topological polar surface area (TPSA) is 52.0 Å². The quantitative estimate of drug-likeness (QED) is 0.493. The minimum absolute atomic E-state index is 0.241. The van der Waals surface area contributed by atoms with Crippen LogP contribution in [0.15, 0.2) is 52.8 Å². The molecule has 0 fully saturated rings. The van der Waals surface area contributed by atoms with Crippen LogP contribution < -0.4 is 0 Å². The second kappa shape index (κ2) is 5.51. The van der Waals surface area contributed by atoms with E-state index in [2.05, 4.69) is 27.6 Å². The van der Waals surface area contributed by atoms with Gasteiger partial charge in [-0.1, -0.05) is 45.8 Å². The molecule has 2 atom stereocenters. The number of pyridine rings is 1. The first-order chi connectivity index (χ1) is 10.3. The van der Waals surface area contributed by atoms with Crippen LogP contribution in [0.25, 0.3) is 11.0 Å². The van der Waals surface area contributed by atoms with E-state index in [0.717, 1.165) is 5.39 Å². The zero-order valence-electron chi connectivity index (χ0n) is 11.4. The molecule has 8 heteroatoms. The molecule has 0 saturated heterocycles. The summed E-state index contributed by atoms with van der Waals surface area (Å²) < 4.78 is 26.0. The number of nitrogens with zero attached hydrogens (tertiary/aromatic N) is 2. The van der Waals surface area contributed by atoms with E-state index in [-0.39, 0.29) is 8.96 Å². The molecule has 116 valence electrons. The molecule has 4 nitrogen and oxygen atoms in total. The Labute approximate surface area is 152 Å². The summed E-state index contributed by atoms with van der Waals surface area (Å²) >= 11 is 14.1. The monoisotopic (exact) mass is 468 g/mol. The Morgan fingerprint density at radius 3 is 2.77 bits per heavy atom. The van der Waals surface area contributed by atoms with Gasteiger partial charge < -0.3 is 0 Å². The van der Waals surface area contributed by atoms with E-state index >= 15 is 0 Å². The highest BCUT2D eigenvalue weighted by atomic mass is 127. The van der Waals surface area contributed by atoms with E-state index < -0.39 is 14.8 Å². The van der Waals surface area contributed by atoms with E-state index in [9.17, 15) is 8.42 Å². The number of fused-ring (bicyclic) bond motifs is 1. The largest absolute Gasteiger partial charge is 0.250 e. The summed E-state index contributed by atoms with van der Waals surface area (Å²) in [6, 6.07) is 5.31. The summed E-state index contributed by atoms with van der Waals surface area (Å²) in [6.07, 6.45) is 6.24. The second-order valence-electron chi connectivity index (χ2n) is 5.13. The summed E-state index contributed by atoms with van der Waals surface area (Å²) in [5.41, 5.74) is 0.400. The van der Waals surface area contributed by atoms with Crippen molar-refractivity contribution in [1.29, 1.82) is 0 Å². The summed E-state index contributed by atoms with van der Waals surface area (Å²) in [4.78, 5) is 4.18. The normalized spacial score (nSPS) is 25.9. The van der Waals surface area contributed by atoms with Gasteiger partial charge >= 0.3 is 0 Å². The Hall–Kier alpha value is -0.570. The Balaban J connectivity index is 2.22. The van der Waals surface area contributed by atoms with Gasteiger partial charge in [0.25, 0.3) is 10.0 Å². The highest BCUT2D eigenvalue weighted by Gasteiger charge is 2.46. The standard InChI is InChI=1S/C14H11Cl2IN2O2S/c1-14(8-11(16)10(15)7-12(14)17)22(20,21)19-6-4-9-3-2-5-18-13(9)19/h2-8,12H,1H3. The third-order valence-electron chi connectivity index (χ3n) is 3.71. The van der Waals surface area contributed by atoms with Gasteiger partial charge in [0.05, 0.1) is 14.0 Å². The molecule has 0 radical (unpaired) electrons. The van der Waals surface area contributed by atoms with Crippen molar-refractivity contribution >= 4 is 66.8 Å². The van der Waals surface area contributed by atoms with Gasteiger partial charge in [0.1, 0.15) is 4.75 Å². The SMILES string of the molecule is CC1(S(=O)(=O)n2ccc3cccnc32)C=C(Cl)C(Cl)=CC1I. The fraction of sp³-hybridized carbons (Fsp3) is 0.214. The number of aromatic nitrogens is 2. The fourth-order valence-corrected chi connectivity index (χ4v) is 6.23. The van der Waals surface area contributed by atoms with Crippen molar-refractivity contribution in [2.24, 2.45) is 0 Å². The molecule has 2 aromatic heterocycles. The molecule has 2 heterocycles. The number of alkyl halides is 1. The van der Waals surface area contributed by atoms with Gasteiger partial charge in [-0.25, -0.2) is 17.4 Å². The Kier molecular flexibility index (Phi) is 4.08. The van der Waals surface area contributed by atoms with Crippen LogP contribution in [0.5, 0.6) is 0 Å². The smallest absolute Gasteiger partial charge is 0.237 e. The van der Waals surface area contributed by atoms with Crippen LogP contribution in [-0.2, 0) is 10.0 Å². The number of allylic oxidation sites excluding steroid dienone is 3. The molecule has 2 unspecified atom stereocenters. The number of hydrogen-bond donors (Lipinski definition) is 0.